The fourth-order valence-electron chi connectivity index (χ4n) is 2.42. The minimum Gasteiger partial charge on any atom is -0.335 e. The summed E-state index contributed by atoms with van der Waals surface area (Å²) < 4.78 is 0. The van der Waals surface area contributed by atoms with Gasteiger partial charge in [-0.15, -0.1) is 0 Å². The molecule has 1 aliphatic rings. The first-order chi connectivity index (χ1) is 8.09. The van der Waals surface area contributed by atoms with Gasteiger partial charge in [-0.1, -0.05) is 42.5 Å². The number of amides is 1. The Kier molecular flexibility index (Phi) is 3.32. The lowest BCUT2D eigenvalue weighted by atomic mass is 9.99. The fourth-order valence-corrected chi connectivity index (χ4v) is 2.42. The van der Waals surface area contributed by atoms with Crippen LogP contribution in [-0.4, -0.2) is 23.4 Å². The normalized spacial score (nSPS) is 21.6. The summed E-state index contributed by atoms with van der Waals surface area (Å²) in [4.78, 5) is 14.3. The second-order valence-corrected chi connectivity index (χ2v) is 4.90. The van der Waals surface area contributed by atoms with Gasteiger partial charge in [0.1, 0.15) is 0 Å². The highest BCUT2D eigenvalue weighted by Crippen LogP contribution is 2.26. The van der Waals surface area contributed by atoms with E-state index in [0.29, 0.717) is 6.04 Å². The van der Waals surface area contributed by atoms with E-state index in [1.807, 2.05) is 42.2 Å². The molecule has 0 bridgehead atoms. The highest BCUT2D eigenvalue weighted by Gasteiger charge is 2.30. The van der Waals surface area contributed by atoms with Crippen LogP contribution in [0.4, 0.5) is 0 Å². The molecule has 17 heavy (non-hydrogen) atoms. The van der Waals surface area contributed by atoms with Crippen LogP contribution in [0.15, 0.2) is 42.5 Å². The third kappa shape index (κ3) is 2.41. The van der Waals surface area contributed by atoms with E-state index in [1.165, 1.54) is 0 Å². The van der Waals surface area contributed by atoms with Crippen LogP contribution in [0.3, 0.4) is 0 Å². The highest BCUT2D eigenvalue weighted by molar-refractivity contribution is 5.84. The molecule has 1 saturated heterocycles. The van der Waals surface area contributed by atoms with Crippen LogP contribution in [0.1, 0.15) is 31.7 Å². The summed E-state index contributed by atoms with van der Waals surface area (Å²) in [6, 6.07) is 10.2. The van der Waals surface area contributed by atoms with E-state index in [0.717, 1.165) is 24.1 Å². The molecule has 1 aromatic rings. The molecule has 2 atom stereocenters. The Morgan fingerprint density at radius 3 is 2.59 bits per heavy atom. The third-order valence-corrected chi connectivity index (χ3v) is 3.46. The van der Waals surface area contributed by atoms with Crippen molar-refractivity contribution < 1.29 is 4.79 Å². The SMILES string of the molecule is C=C1C[C@@H](C)N(C(=O)C(C)c2ccccc2)C1. The zero-order valence-electron chi connectivity index (χ0n) is 10.5. The van der Waals surface area contributed by atoms with Gasteiger partial charge in [0.25, 0.3) is 0 Å². The highest BCUT2D eigenvalue weighted by atomic mass is 16.2. The van der Waals surface area contributed by atoms with Crippen molar-refractivity contribution >= 4 is 5.91 Å². The van der Waals surface area contributed by atoms with Crippen LogP contribution >= 0.6 is 0 Å². The maximum absolute atomic E-state index is 12.4. The molecule has 1 heterocycles. The number of nitrogens with zero attached hydrogens (tertiary/aromatic N) is 1. The molecule has 2 heteroatoms. The molecule has 1 fully saturated rings. The van der Waals surface area contributed by atoms with Crippen LogP contribution in [-0.2, 0) is 4.79 Å². The minimum absolute atomic E-state index is 0.0652. The van der Waals surface area contributed by atoms with Crippen molar-refractivity contribution in [3.8, 4) is 0 Å². The second-order valence-electron chi connectivity index (χ2n) is 4.90. The van der Waals surface area contributed by atoms with Gasteiger partial charge in [0, 0.05) is 12.6 Å². The predicted octanol–water partition coefficient (Wildman–Crippen LogP) is 2.97. The van der Waals surface area contributed by atoms with E-state index in [4.69, 9.17) is 0 Å². The Hall–Kier alpha value is -1.57. The first-order valence-corrected chi connectivity index (χ1v) is 6.11. The lowest BCUT2D eigenvalue weighted by Crippen LogP contribution is -2.36. The molecular weight excluding hydrogens is 210 g/mol. The van der Waals surface area contributed by atoms with Crippen molar-refractivity contribution in [2.45, 2.75) is 32.2 Å². The maximum atomic E-state index is 12.4. The minimum atomic E-state index is -0.0652. The molecular formula is C15H19NO. The molecule has 1 unspecified atom stereocenters. The number of hydrogen-bond acceptors (Lipinski definition) is 1. The van der Waals surface area contributed by atoms with Crippen LogP contribution in [0.25, 0.3) is 0 Å². The zero-order chi connectivity index (χ0) is 12.4. The molecule has 0 saturated carbocycles. The Bertz CT molecular complexity index is 424. The maximum Gasteiger partial charge on any atom is 0.230 e. The summed E-state index contributed by atoms with van der Waals surface area (Å²) in [5.41, 5.74) is 2.24. The van der Waals surface area contributed by atoms with Gasteiger partial charge < -0.3 is 4.90 Å². The first-order valence-electron chi connectivity index (χ1n) is 6.11. The fraction of sp³-hybridized carbons (Fsp3) is 0.400. The largest absolute Gasteiger partial charge is 0.335 e. The molecule has 2 rings (SSSR count). The van der Waals surface area contributed by atoms with Crippen molar-refractivity contribution in [2.75, 3.05) is 6.54 Å². The Balaban J connectivity index is 2.13. The quantitative estimate of drug-likeness (QED) is 0.714. The average molecular weight is 229 g/mol. The lowest BCUT2D eigenvalue weighted by molar-refractivity contribution is -0.132. The van der Waals surface area contributed by atoms with Gasteiger partial charge in [-0.25, -0.2) is 0 Å². The van der Waals surface area contributed by atoms with Crippen LogP contribution in [0, 0.1) is 0 Å². The Morgan fingerprint density at radius 2 is 2.06 bits per heavy atom. The Labute approximate surface area is 103 Å². The van der Waals surface area contributed by atoms with Crippen LogP contribution < -0.4 is 0 Å². The summed E-state index contributed by atoms with van der Waals surface area (Å²) >= 11 is 0. The molecule has 1 aliphatic heterocycles. The van der Waals surface area contributed by atoms with Gasteiger partial charge in [-0.2, -0.15) is 0 Å². The van der Waals surface area contributed by atoms with Gasteiger partial charge in [0.15, 0.2) is 0 Å². The van der Waals surface area contributed by atoms with E-state index in [-0.39, 0.29) is 11.8 Å². The summed E-state index contributed by atoms with van der Waals surface area (Å²) in [6.45, 7) is 8.76. The van der Waals surface area contributed by atoms with Crippen LogP contribution in [0.2, 0.25) is 0 Å². The van der Waals surface area contributed by atoms with Gasteiger partial charge in [-0.3, -0.25) is 4.79 Å². The molecule has 1 amide bonds. The summed E-state index contributed by atoms with van der Waals surface area (Å²) in [5.74, 6) is 0.145. The van der Waals surface area contributed by atoms with E-state index in [9.17, 15) is 4.79 Å². The standard InChI is InChI=1S/C15H19NO/c1-11-9-12(2)16(10-11)15(17)13(3)14-7-5-4-6-8-14/h4-8,12-13H,1,9-10H2,2-3H3/t12-,13?/m1/s1. The lowest BCUT2D eigenvalue weighted by Gasteiger charge is -2.24. The molecule has 2 nitrogen and oxygen atoms in total. The van der Waals surface area contributed by atoms with Crippen molar-refractivity contribution in [1.29, 1.82) is 0 Å². The van der Waals surface area contributed by atoms with E-state index in [2.05, 4.69) is 13.5 Å². The summed E-state index contributed by atoms with van der Waals surface area (Å²) in [5, 5.41) is 0. The van der Waals surface area contributed by atoms with Crippen molar-refractivity contribution in [3.63, 3.8) is 0 Å². The number of hydrogen-bond donors (Lipinski definition) is 0. The number of rotatable bonds is 2. The van der Waals surface area contributed by atoms with Gasteiger partial charge in [0.05, 0.1) is 5.92 Å². The van der Waals surface area contributed by atoms with Gasteiger partial charge in [-0.05, 0) is 25.8 Å². The Morgan fingerprint density at radius 1 is 1.41 bits per heavy atom. The molecule has 1 aromatic carbocycles. The number of carbonyl (C=O) groups excluding carboxylic acids is 1. The van der Waals surface area contributed by atoms with Crippen molar-refractivity contribution in [1.82, 2.24) is 4.90 Å². The molecule has 0 aromatic heterocycles. The first kappa shape index (κ1) is 11.9. The van der Waals surface area contributed by atoms with Crippen molar-refractivity contribution in [2.24, 2.45) is 0 Å². The number of benzene rings is 1. The molecule has 0 spiro atoms. The third-order valence-electron chi connectivity index (χ3n) is 3.46. The van der Waals surface area contributed by atoms with Gasteiger partial charge >= 0.3 is 0 Å². The topological polar surface area (TPSA) is 20.3 Å². The molecule has 0 N–H and O–H groups in total. The van der Waals surface area contributed by atoms with Crippen molar-refractivity contribution in [3.05, 3.63) is 48.0 Å². The van der Waals surface area contributed by atoms with Gasteiger partial charge in [0.2, 0.25) is 5.91 Å². The molecule has 90 valence electrons. The predicted molar refractivity (Wildman–Crippen MR) is 69.8 cm³/mol. The zero-order valence-corrected chi connectivity index (χ0v) is 10.5. The number of likely N-dealkylation sites (tertiary alicyclic amines) is 1. The van der Waals surface area contributed by atoms with Crippen LogP contribution in [0.5, 0.6) is 0 Å². The monoisotopic (exact) mass is 229 g/mol. The molecule has 0 aliphatic carbocycles. The summed E-state index contributed by atoms with van der Waals surface area (Å²) in [6.07, 6.45) is 0.938. The van der Waals surface area contributed by atoms with E-state index < -0.39 is 0 Å². The van der Waals surface area contributed by atoms with E-state index in [1.54, 1.807) is 0 Å². The smallest absolute Gasteiger partial charge is 0.230 e. The average Bonchev–Trinajstić information content (AvgIpc) is 2.68. The number of carbonyl (C=O) groups is 1. The molecule has 0 radical (unpaired) electrons. The summed E-state index contributed by atoms with van der Waals surface area (Å²) in [7, 11) is 0. The van der Waals surface area contributed by atoms with E-state index >= 15 is 0 Å². The second kappa shape index (κ2) is 4.74.